The van der Waals surface area contributed by atoms with Crippen LogP contribution in [0.1, 0.15) is 10.4 Å². The standard InChI is InChI=1S/C18H21N3O3/c1-21(2)12-13-24-16-11-7-6-10-15(16)19-18(23)20-17(22)14-8-4-3-5-9-14/h3-11H,12-13H2,1-2H3,(H2,19,20,22,23). The van der Waals surface area contributed by atoms with Gasteiger partial charge in [-0.15, -0.1) is 0 Å². The molecule has 2 aromatic rings. The minimum Gasteiger partial charge on any atom is -0.490 e. The molecule has 6 nitrogen and oxygen atoms in total. The van der Waals surface area contributed by atoms with Crippen LogP contribution in [0.5, 0.6) is 5.75 Å². The number of benzene rings is 2. The maximum Gasteiger partial charge on any atom is 0.326 e. The van der Waals surface area contributed by atoms with Gasteiger partial charge in [0.25, 0.3) is 5.91 Å². The lowest BCUT2D eigenvalue weighted by Crippen LogP contribution is -2.34. The zero-order chi connectivity index (χ0) is 17.4. The smallest absolute Gasteiger partial charge is 0.326 e. The summed E-state index contributed by atoms with van der Waals surface area (Å²) in [6, 6.07) is 15.0. The largest absolute Gasteiger partial charge is 0.490 e. The van der Waals surface area contributed by atoms with Crippen molar-refractivity contribution < 1.29 is 14.3 Å². The van der Waals surface area contributed by atoms with Crippen molar-refractivity contribution in [2.24, 2.45) is 0 Å². The van der Waals surface area contributed by atoms with E-state index in [1.54, 1.807) is 48.5 Å². The van der Waals surface area contributed by atoms with E-state index in [0.29, 0.717) is 23.6 Å². The second-order valence-corrected chi connectivity index (χ2v) is 5.42. The first kappa shape index (κ1) is 17.5. The van der Waals surface area contributed by atoms with Crippen molar-refractivity contribution in [2.75, 3.05) is 32.6 Å². The van der Waals surface area contributed by atoms with Crippen molar-refractivity contribution in [3.8, 4) is 5.75 Å². The Morgan fingerprint density at radius 2 is 1.67 bits per heavy atom. The molecule has 0 atom stereocenters. The molecule has 6 heteroatoms. The molecule has 2 aromatic carbocycles. The number of nitrogens with zero attached hydrogens (tertiary/aromatic N) is 1. The predicted octanol–water partition coefficient (Wildman–Crippen LogP) is 2.59. The van der Waals surface area contributed by atoms with Gasteiger partial charge in [0.2, 0.25) is 0 Å². The highest BCUT2D eigenvalue weighted by atomic mass is 16.5. The molecule has 3 amide bonds. The molecule has 2 N–H and O–H groups in total. The molecule has 0 fully saturated rings. The van der Waals surface area contributed by atoms with E-state index in [0.717, 1.165) is 6.54 Å². The van der Waals surface area contributed by atoms with Gasteiger partial charge in [-0.2, -0.15) is 0 Å². The van der Waals surface area contributed by atoms with Crippen LogP contribution < -0.4 is 15.4 Å². The predicted molar refractivity (Wildman–Crippen MR) is 93.4 cm³/mol. The van der Waals surface area contributed by atoms with E-state index in [4.69, 9.17) is 4.74 Å². The summed E-state index contributed by atoms with van der Waals surface area (Å²) in [7, 11) is 3.91. The molecule has 126 valence electrons. The number of hydrogen-bond acceptors (Lipinski definition) is 4. The van der Waals surface area contributed by atoms with Gasteiger partial charge in [0, 0.05) is 12.1 Å². The Balaban J connectivity index is 1.95. The zero-order valence-electron chi connectivity index (χ0n) is 13.8. The van der Waals surface area contributed by atoms with Gasteiger partial charge in [0.05, 0.1) is 5.69 Å². The molecule has 0 heterocycles. The number of anilines is 1. The van der Waals surface area contributed by atoms with E-state index in [-0.39, 0.29) is 0 Å². The third-order valence-electron chi connectivity index (χ3n) is 3.19. The molecule has 0 unspecified atom stereocenters. The summed E-state index contributed by atoms with van der Waals surface area (Å²) in [5.74, 6) is 0.0979. The van der Waals surface area contributed by atoms with Crippen LogP contribution in [0.3, 0.4) is 0 Å². The topological polar surface area (TPSA) is 70.7 Å². The van der Waals surface area contributed by atoms with Crippen molar-refractivity contribution in [2.45, 2.75) is 0 Å². The first-order valence-corrected chi connectivity index (χ1v) is 7.60. The van der Waals surface area contributed by atoms with Crippen LogP contribution in [0.2, 0.25) is 0 Å². The summed E-state index contributed by atoms with van der Waals surface area (Å²) in [4.78, 5) is 26.0. The van der Waals surface area contributed by atoms with Crippen LogP contribution in [0, 0.1) is 0 Å². The van der Waals surface area contributed by atoms with Crippen LogP contribution >= 0.6 is 0 Å². The van der Waals surface area contributed by atoms with Crippen molar-refractivity contribution in [1.82, 2.24) is 10.2 Å². The molecule has 2 rings (SSSR count). The Kier molecular flexibility index (Phi) is 6.33. The van der Waals surface area contributed by atoms with Crippen LogP contribution in [0.15, 0.2) is 54.6 Å². The zero-order valence-corrected chi connectivity index (χ0v) is 13.8. The SMILES string of the molecule is CN(C)CCOc1ccccc1NC(=O)NC(=O)c1ccccc1. The number of urea groups is 1. The monoisotopic (exact) mass is 327 g/mol. The number of amides is 3. The van der Waals surface area contributed by atoms with Crippen LogP contribution in [0.4, 0.5) is 10.5 Å². The van der Waals surface area contributed by atoms with Gasteiger partial charge in [-0.25, -0.2) is 4.79 Å². The molecule has 0 saturated heterocycles. The second-order valence-electron chi connectivity index (χ2n) is 5.42. The molecule has 0 spiro atoms. The van der Waals surface area contributed by atoms with Gasteiger partial charge in [0.1, 0.15) is 12.4 Å². The summed E-state index contributed by atoms with van der Waals surface area (Å²) in [6.07, 6.45) is 0. The first-order chi connectivity index (χ1) is 11.6. The van der Waals surface area contributed by atoms with E-state index in [1.807, 2.05) is 25.1 Å². The highest BCUT2D eigenvalue weighted by molar-refractivity contribution is 6.08. The quantitative estimate of drug-likeness (QED) is 0.855. The minimum atomic E-state index is -0.604. The van der Waals surface area contributed by atoms with E-state index in [1.165, 1.54) is 0 Å². The van der Waals surface area contributed by atoms with Gasteiger partial charge in [-0.05, 0) is 38.4 Å². The van der Waals surface area contributed by atoms with Crippen LogP contribution in [-0.2, 0) is 0 Å². The second kappa shape index (κ2) is 8.69. The number of ether oxygens (including phenoxy) is 1. The Morgan fingerprint density at radius 1 is 1.00 bits per heavy atom. The summed E-state index contributed by atoms with van der Waals surface area (Å²) in [5.41, 5.74) is 0.929. The normalized spacial score (nSPS) is 10.3. The maximum atomic E-state index is 12.0. The van der Waals surface area contributed by atoms with Crippen molar-refractivity contribution in [3.63, 3.8) is 0 Å². The van der Waals surface area contributed by atoms with Crippen molar-refractivity contribution in [3.05, 3.63) is 60.2 Å². The van der Waals surface area contributed by atoms with Gasteiger partial charge in [0.15, 0.2) is 0 Å². The summed E-state index contributed by atoms with van der Waals surface area (Å²) in [6.45, 7) is 1.25. The van der Waals surface area contributed by atoms with E-state index >= 15 is 0 Å². The van der Waals surface area contributed by atoms with Crippen LogP contribution in [-0.4, -0.2) is 44.1 Å². The first-order valence-electron chi connectivity index (χ1n) is 7.60. The number of likely N-dealkylation sites (N-methyl/N-ethyl adjacent to an activating group) is 1. The lowest BCUT2D eigenvalue weighted by Gasteiger charge is -2.14. The minimum absolute atomic E-state index is 0.420. The molecule has 0 aromatic heterocycles. The Labute approximate surface area is 141 Å². The van der Waals surface area contributed by atoms with Gasteiger partial charge in [-0.3, -0.25) is 10.1 Å². The fourth-order valence-corrected chi connectivity index (χ4v) is 1.95. The lowest BCUT2D eigenvalue weighted by molar-refractivity contribution is 0.0967. The number of carbonyl (C=O) groups is 2. The third-order valence-corrected chi connectivity index (χ3v) is 3.19. The summed E-state index contributed by atoms with van der Waals surface area (Å²) >= 11 is 0. The van der Waals surface area contributed by atoms with Crippen molar-refractivity contribution in [1.29, 1.82) is 0 Å². The summed E-state index contributed by atoms with van der Waals surface area (Å²) < 4.78 is 5.67. The summed E-state index contributed by atoms with van der Waals surface area (Å²) in [5, 5.41) is 4.93. The van der Waals surface area contributed by atoms with E-state index < -0.39 is 11.9 Å². The van der Waals surface area contributed by atoms with Crippen molar-refractivity contribution >= 4 is 17.6 Å². The Hall–Kier alpha value is -2.86. The number of imide groups is 1. The molecule has 0 radical (unpaired) electrons. The highest BCUT2D eigenvalue weighted by Crippen LogP contribution is 2.23. The highest BCUT2D eigenvalue weighted by Gasteiger charge is 2.12. The number of rotatable bonds is 6. The van der Waals surface area contributed by atoms with E-state index in [2.05, 4.69) is 10.6 Å². The molecule has 0 aliphatic carbocycles. The van der Waals surface area contributed by atoms with Gasteiger partial charge < -0.3 is 15.0 Å². The number of para-hydroxylation sites is 2. The van der Waals surface area contributed by atoms with Gasteiger partial charge in [-0.1, -0.05) is 30.3 Å². The van der Waals surface area contributed by atoms with Crippen LogP contribution in [0.25, 0.3) is 0 Å². The Bertz CT molecular complexity index is 687. The number of carbonyl (C=O) groups excluding carboxylic acids is 2. The average Bonchev–Trinajstić information content (AvgIpc) is 2.57. The third kappa shape index (κ3) is 5.40. The Morgan fingerprint density at radius 3 is 2.38 bits per heavy atom. The number of nitrogens with one attached hydrogen (secondary N) is 2. The fraction of sp³-hybridized carbons (Fsp3) is 0.222. The maximum absolute atomic E-state index is 12.0. The molecule has 24 heavy (non-hydrogen) atoms. The van der Waals surface area contributed by atoms with E-state index in [9.17, 15) is 9.59 Å². The molecule has 0 aliphatic heterocycles. The lowest BCUT2D eigenvalue weighted by atomic mass is 10.2. The average molecular weight is 327 g/mol. The molecular formula is C18H21N3O3. The molecule has 0 bridgehead atoms. The molecule has 0 aliphatic rings. The molecule has 0 saturated carbocycles. The molecular weight excluding hydrogens is 306 g/mol. The number of hydrogen-bond donors (Lipinski definition) is 2. The fourth-order valence-electron chi connectivity index (χ4n) is 1.95. The van der Waals surface area contributed by atoms with Gasteiger partial charge >= 0.3 is 6.03 Å².